The van der Waals surface area contributed by atoms with Gasteiger partial charge in [0.2, 0.25) is 6.29 Å². The van der Waals surface area contributed by atoms with Crippen LogP contribution < -0.4 is 0 Å². The van der Waals surface area contributed by atoms with E-state index in [1.807, 2.05) is 6.92 Å². The zero-order valence-electron chi connectivity index (χ0n) is 10.0. The Morgan fingerprint density at radius 2 is 1.60 bits per heavy atom. The molecular weight excluding hydrogens is 192 g/mol. The number of hydrogen-bond donors (Lipinski definition) is 2. The summed E-state index contributed by atoms with van der Waals surface area (Å²) in [5, 5.41) is 17.7. The van der Waals surface area contributed by atoms with Crippen molar-refractivity contribution in [1.29, 1.82) is 0 Å². The molecule has 0 heterocycles. The molecule has 0 fully saturated rings. The average Bonchev–Trinajstić information content (AvgIpc) is 2.21. The SMILES string of the molecule is CCCCCCCCOC(CC)[C](O)O. The Morgan fingerprint density at radius 3 is 2.13 bits per heavy atom. The molecule has 0 amide bonds. The zero-order chi connectivity index (χ0) is 11.5. The van der Waals surface area contributed by atoms with Crippen LogP contribution in [0.4, 0.5) is 0 Å². The van der Waals surface area contributed by atoms with Gasteiger partial charge in [-0.25, -0.2) is 0 Å². The van der Waals surface area contributed by atoms with Gasteiger partial charge in [-0.1, -0.05) is 46.0 Å². The lowest BCUT2D eigenvalue weighted by atomic mass is 10.1. The fraction of sp³-hybridized carbons (Fsp3) is 0.917. The minimum atomic E-state index is -0.594. The zero-order valence-corrected chi connectivity index (χ0v) is 10.0. The van der Waals surface area contributed by atoms with Gasteiger partial charge in [0.25, 0.3) is 0 Å². The molecule has 0 saturated heterocycles. The predicted octanol–water partition coefficient (Wildman–Crippen LogP) is 3.38. The summed E-state index contributed by atoms with van der Waals surface area (Å²) in [7, 11) is 0. The van der Waals surface area contributed by atoms with Crippen molar-refractivity contribution >= 4 is 0 Å². The van der Waals surface area contributed by atoms with Crippen LogP contribution in [0.2, 0.25) is 0 Å². The van der Waals surface area contributed by atoms with Gasteiger partial charge < -0.3 is 14.9 Å². The highest BCUT2D eigenvalue weighted by molar-refractivity contribution is 4.71. The Hall–Kier alpha value is -0.120. The van der Waals surface area contributed by atoms with Crippen LogP contribution in [0.3, 0.4) is 0 Å². The number of ether oxygens (including phenoxy) is 1. The van der Waals surface area contributed by atoms with Crippen molar-refractivity contribution in [2.24, 2.45) is 0 Å². The molecule has 0 saturated carbocycles. The normalized spacial score (nSPS) is 13.4. The van der Waals surface area contributed by atoms with E-state index in [1.165, 1.54) is 32.1 Å². The van der Waals surface area contributed by atoms with E-state index in [0.717, 1.165) is 6.42 Å². The molecule has 0 rings (SSSR count). The molecule has 1 atom stereocenters. The molecule has 15 heavy (non-hydrogen) atoms. The molecule has 91 valence electrons. The van der Waals surface area contributed by atoms with E-state index in [9.17, 15) is 0 Å². The summed E-state index contributed by atoms with van der Waals surface area (Å²) < 4.78 is 5.32. The molecule has 0 aliphatic rings. The topological polar surface area (TPSA) is 49.7 Å². The number of rotatable bonds is 10. The van der Waals surface area contributed by atoms with Crippen molar-refractivity contribution in [3.63, 3.8) is 0 Å². The number of hydrogen-bond acceptors (Lipinski definition) is 3. The molecule has 0 aliphatic carbocycles. The first-order valence-electron chi connectivity index (χ1n) is 6.08. The Morgan fingerprint density at radius 1 is 1.00 bits per heavy atom. The van der Waals surface area contributed by atoms with Crippen molar-refractivity contribution in [2.45, 2.75) is 64.9 Å². The van der Waals surface area contributed by atoms with Crippen LogP contribution in [0.15, 0.2) is 0 Å². The summed E-state index contributed by atoms with van der Waals surface area (Å²) in [6, 6.07) is 0. The van der Waals surface area contributed by atoms with Crippen LogP contribution in [0, 0.1) is 6.29 Å². The summed E-state index contributed by atoms with van der Waals surface area (Å²) in [6.45, 7) is 4.70. The highest BCUT2D eigenvalue weighted by atomic mass is 16.5. The smallest absolute Gasteiger partial charge is 0.248 e. The molecule has 0 aromatic carbocycles. The van der Waals surface area contributed by atoms with E-state index in [4.69, 9.17) is 14.9 Å². The molecule has 0 aromatic heterocycles. The summed E-state index contributed by atoms with van der Waals surface area (Å²) in [5.41, 5.74) is 0. The molecule has 2 N–H and O–H groups in total. The first-order chi connectivity index (χ1) is 7.22. The lowest BCUT2D eigenvalue weighted by Gasteiger charge is -2.16. The van der Waals surface area contributed by atoms with Crippen molar-refractivity contribution in [3.05, 3.63) is 6.29 Å². The molecule has 1 unspecified atom stereocenters. The maximum absolute atomic E-state index is 8.83. The standard InChI is InChI=1S/C12H25O3/c1-3-5-6-7-8-9-10-15-11(4-2)12(13)14/h11,13-14H,3-10H2,1-2H3. The first-order valence-corrected chi connectivity index (χ1v) is 6.08. The van der Waals surface area contributed by atoms with Crippen LogP contribution in [-0.2, 0) is 4.74 Å². The van der Waals surface area contributed by atoms with Gasteiger partial charge >= 0.3 is 0 Å². The largest absolute Gasteiger partial charge is 0.372 e. The second kappa shape index (κ2) is 10.4. The number of aliphatic hydroxyl groups excluding tert-OH is 1. The lowest BCUT2D eigenvalue weighted by molar-refractivity contribution is -0.0630. The van der Waals surface area contributed by atoms with Crippen molar-refractivity contribution in [2.75, 3.05) is 6.61 Å². The van der Waals surface area contributed by atoms with Gasteiger partial charge in [0, 0.05) is 6.61 Å². The second-order valence-electron chi connectivity index (χ2n) is 3.89. The minimum absolute atomic E-state index is 0.499. The third-order valence-electron chi connectivity index (χ3n) is 2.48. The van der Waals surface area contributed by atoms with Crippen LogP contribution in [0.1, 0.15) is 58.8 Å². The van der Waals surface area contributed by atoms with E-state index >= 15 is 0 Å². The summed E-state index contributed by atoms with van der Waals surface area (Å²) in [5.74, 6) is 0. The molecule has 3 heteroatoms. The highest BCUT2D eigenvalue weighted by Gasteiger charge is 2.15. The van der Waals surface area contributed by atoms with Crippen molar-refractivity contribution < 1.29 is 14.9 Å². The molecule has 0 spiro atoms. The van der Waals surface area contributed by atoms with Gasteiger partial charge in [-0.05, 0) is 12.8 Å². The molecule has 3 nitrogen and oxygen atoms in total. The lowest BCUT2D eigenvalue weighted by Crippen LogP contribution is -2.21. The molecule has 1 radical (unpaired) electrons. The fourth-order valence-corrected chi connectivity index (χ4v) is 1.48. The van der Waals surface area contributed by atoms with Crippen LogP contribution >= 0.6 is 0 Å². The fourth-order valence-electron chi connectivity index (χ4n) is 1.48. The third kappa shape index (κ3) is 8.85. The van der Waals surface area contributed by atoms with E-state index < -0.39 is 12.4 Å². The predicted molar refractivity (Wildman–Crippen MR) is 60.5 cm³/mol. The van der Waals surface area contributed by atoms with E-state index in [0.29, 0.717) is 13.0 Å². The molecule has 0 bridgehead atoms. The summed E-state index contributed by atoms with van der Waals surface area (Å²) in [4.78, 5) is 0. The Kier molecular flexibility index (Phi) is 10.3. The maximum atomic E-state index is 8.83. The third-order valence-corrected chi connectivity index (χ3v) is 2.48. The van der Waals surface area contributed by atoms with Gasteiger partial charge in [0.1, 0.15) is 6.10 Å². The monoisotopic (exact) mass is 217 g/mol. The van der Waals surface area contributed by atoms with E-state index in [-0.39, 0.29) is 0 Å². The van der Waals surface area contributed by atoms with Crippen LogP contribution in [0.5, 0.6) is 0 Å². The Bertz CT molecular complexity index is 126. The van der Waals surface area contributed by atoms with Gasteiger partial charge in [-0.2, -0.15) is 0 Å². The number of unbranched alkanes of at least 4 members (excludes halogenated alkanes) is 5. The van der Waals surface area contributed by atoms with Gasteiger partial charge in [-0.15, -0.1) is 0 Å². The Balaban J connectivity index is 3.22. The maximum Gasteiger partial charge on any atom is 0.248 e. The van der Waals surface area contributed by atoms with Gasteiger partial charge in [0.15, 0.2) is 0 Å². The van der Waals surface area contributed by atoms with Crippen LogP contribution in [0.25, 0.3) is 0 Å². The average molecular weight is 217 g/mol. The Labute approximate surface area is 93.5 Å². The molecular formula is C12H25O3. The van der Waals surface area contributed by atoms with Gasteiger partial charge in [0.05, 0.1) is 0 Å². The summed E-state index contributed by atoms with van der Waals surface area (Å²) >= 11 is 0. The molecule has 0 aromatic rings. The van der Waals surface area contributed by atoms with E-state index in [2.05, 4.69) is 6.92 Å². The second-order valence-corrected chi connectivity index (χ2v) is 3.89. The van der Waals surface area contributed by atoms with Crippen molar-refractivity contribution in [3.8, 4) is 0 Å². The minimum Gasteiger partial charge on any atom is -0.372 e. The van der Waals surface area contributed by atoms with Crippen LogP contribution in [-0.4, -0.2) is 22.9 Å². The first kappa shape index (κ1) is 14.9. The molecule has 0 aliphatic heterocycles. The summed E-state index contributed by atoms with van der Waals surface area (Å²) in [6.07, 6.45) is 6.82. The van der Waals surface area contributed by atoms with Gasteiger partial charge in [-0.3, -0.25) is 0 Å². The van der Waals surface area contributed by atoms with Crippen molar-refractivity contribution in [1.82, 2.24) is 0 Å². The number of aliphatic hydroxyl groups is 2. The quantitative estimate of drug-likeness (QED) is 0.551. The highest BCUT2D eigenvalue weighted by Crippen LogP contribution is 2.10. The van der Waals surface area contributed by atoms with E-state index in [1.54, 1.807) is 0 Å².